The summed E-state index contributed by atoms with van der Waals surface area (Å²) in [5.74, 6) is 0.0455. The predicted molar refractivity (Wildman–Crippen MR) is 77.5 cm³/mol. The molecule has 1 aliphatic rings. The number of aromatic nitrogens is 1. The number of nitrogens with one attached hydrogen (secondary N) is 1. The van der Waals surface area contributed by atoms with Crippen LogP contribution in [-0.4, -0.2) is 24.9 Å². The highest BCUT2D eigenvalue weighted by Gasteiger charge is 2.30. The van der Waals surface area contributed by atoms with Crippen LogP contribution in [-0.2, 0) is 9.05 Å². The third kappa shape index (κ3) is 3.35. The van der Waals surface area contributed by atoms with E-state index < -0.39 is 9.05 Å². The molecule has 1 aliphatic carbocycles. The average molecular weight is 319 g/mol. The molecule has 1 saturated carbocycles. The van der Waals surface area contributed by atoms with Crippen molar-refractivity contribution in [2.24, 2.45) is 5.92 Å². The highest BCUT2D eigenvalue weighted by atomic mass is 35.7. The van der Waals surface area contributed by atoms with E-state index in [0.717, 1.165) is 12.8 Å². The van der Waals surface area contributed by atoms with Gasteiger partial charge in [-0.25, -0.2) is 8.42 Å². The van der Waals surface area contributed by atoms with Gasteiger partial charge in [0.1, 0.15) is 10.6 Å². The van der Waals surface area contributed by atoms with Gasteiger partial charge < -0.3 is 9.88 Å². The highest BCUT2D eigenvalue weighted by Crippen LogP contribution is 2.37. The first-order valence-electron chi connectivity index (χ1n) is 6.67. The SMILES string of the molecule is CC(C)C(C)NC(=O)c1cc(S(=O)(=O)Cl)cn1C1CC1. The van der Waals surface area contributed by atoms with E-state index in [1.165, 1.54) is 12.3 Å². The molecule has 1 N–H and O–H groups in total. The Balaban J connectivity index is 2.30. The topological polar surface area (TPSA) is 68.2 Å². The summed E-state index contributed by atoms with van der Waals surface area (Å²) < 4.78 is 24.5. The maximum atomic E-state index is 12.3. The van der Waals surface area contributed by atoms with E-state index in [1.807, 2.05) is 20.8 Å². The molecule has 1 atom stereocenters. The highest BCUT2D eigenvalue weighted by molar-refractivity contribution is 8.13. The molecule has 1 amide bonds. The zero-order valence-electron chi connectivity index (χ0n) is 11.8. The van der Waals surface area contributed by atoms with Gasteiger partial charge in [0.15, 0.2) is 0 Å². The van der Waals surface area contributed by atoms with Gasteiger partial charge in [-0.3, -0.25) is 4.79 Å². The van der Waals surface area contributed by atoms with Crippen LogP contribution in [0.5, 0.6) is 0 Å². The Hall–Kier alpha value is -1.01. The quantitative estimate of drug-likeness (QED) is 0.848. The van der Waals surface area contributed by atoms with Crippen molar-refractivity contribution in [1.29, 1.82) is 0 Å². The molecule has 1 fully saturated rings. The molecule has 1 aromatic rings. The monoisotopic (exact) mass is 318 g/mol. The molecule has 0 radical (unpaired) electrons. The Kier molecular flexibility index (Phi) is 4.16. The minimum Gasteiger partial charge on any atom is -0.348 e. The van der Waals surface area contributed by atoms with Crippen molar-refractivity contribution in [3.63, 3.8) is 0 Å². The lowest BCUT2D eigenvalue weighted by atomic mass is 10.1. The Bertz CT molecular complexity index is 618. The maximum Gasteiger partial charge on any atom is 0.268 e. The van der Waals surface area contributed by atoms with Crippen LogP contribution in [0.4, 0.5) is 0 Å². The van der Waals surface area contributed by atoms with Crippen LogP contribution in [0.1, 0.15) is 50.1 Å². The van der Waals surface area contributed by atoms with Gasteiger partial charge in [0, 0.05) is 29.0 Å². The van der Waals surface area contributed by atoms with Gasteiger partial charge >= 0.3 is 0 Å². The maximum absolute atomic E-state index is 12.3. The van der Waals surface area contributed by atoms with Crippen LogP contribution in [0.2, 0.25) is 0 Å². The van der Waals surface area contributed by atoms with Crippen molar-refractivity contribution in [3.8, 4) is 0 Å². The summed E-state index contributed by atoms with van der Waals surface area (Å²) in [4.78, 5) is 12.3. The van der Waals surface area contributed by atoms with Gasteiger partial charge in [-0.15, -0.1) is 0 Å². The minimum atomic E-state index is -3.82. The molecule has 7 heteroatoms. The van der Waals surface area contributed by atoms with E-state index in [0.29, 0.717) is 11.6 Å². The zero-order chi connectivity index (χ0) is 15.1. The lowest BCUT2D eigenvalue weighted by Gasteiger charge is -2.18. The van der Waals surface area contributed by atoms with Crippen molar-refractivity contribution in [3.05, 3.63) is 18.0 Å². The molecule has 112 valence electrons. The largest absolute Gasteiger partial charge is 0.348 e. The van der Waals surface area contributed by atoms with Crippen molar-refractivity contribution in [1.82, 2.24) is 9.88 Å². The van der Waals surface area contributed by atoms with Crippen molar-refractivity contribution in [2.45, 2.75) is 50.6 Å². The number of nitrogens with zero attached hydrogens (tertiary/aromatic N) is 1. The minimum absolute atomic E-state index is 0.0149. The number of amides is 1. The van der Waals surface area contributed by atoms with Gasteiger partial charge in [0.2, 0.25) is 0 Å². The fraction of sp³-hybridized carbons (Fsp3) is 0.615. The molecule has 0 saturated heterocycles. The molecular weight excluding hydrogens is 300 g/mol. The van der Waals surface area contributed by atoms with E-state index in [-0.39, 0.29) is 22.9 Å². The fourth-order valence-corrected chi connectivity index (χ4v) is 2.62. The third-order valence-corrected chi connectivity index (χ3v) is 4.96. The standard InChI is InChI=1S/C13H19ClN2O3S/c1-8(2)9(3)15-13(17)12-6-11(20(14,18)19)7-16(12)10-4-5-10/h6-10H,4-5H2,1-3H3,(H,15,17). The second kappa shape index (κ2) is 5.41. The first-order chi connectivity index (χ1) is 9.20. The fourth-order valence-electron chi connectivity index (χ4n) is 1.87. The Morgan fingerprint density at radius 1 is 1.40 bits per heavy atom. The van der Waals surface area contributed by atoms with Crippen LogP contribution >= 0.6 is 10.7 Å². The van der Waals surface area contributed by atoms with Gasteiger partial charge in [-0.05, 0) is 31.7 Å². The Morgan fingerprint density at radius 3 is 2.45 bits per heavy atom. The summed E-state index contributed by atoms with van der Waals surface area (Å²) in [6, 6.07) is 1.57. The summed E-state index contributed by atoms with van der Waals surface area (Å²) in [5.41, 5.74) is 0.360. The second-order valence-corrected chi connectivity index (χ2v) is 8.21. The summed E-state index contributed by atoms with van der Waals surface area (Å²) in [5, 5.41) is 2.89. The number of carbonyl (C=O) groups is 1. The lowest BCUT2D eigenvalue weighted by molar-refractivity contribution is 0.0921. The number of rotatable bonds is 5. The van der Waals surface area contributed by atoms with Crippen LogP contribution < -0.4 is 5.32 Å². The van der Waals surface area contributed by atoms with E-state index in [2.05, 4.69) is 5.32 Å². The smallest absolute Gasteiger partial charge is 0.268 e. The average Bonchev–Trinajstić information content (AvgIpc) is 3.05. The van der Waals surface area contributed by atoms with Crippen LogP contribution in [0.25, 0.3) is 0 Å². The molecule has 0 aromatic carbocycles. The molecule has 2 rings (SSSR count). The predicted octanol–water partition coefficient (Wildman–Crippen LogP) is 2.52. The number of hydrogen-bond donors (Lipinski definition) is 1. The van der Waals surface area contributed by atoms with Gasteiger partial charge in [-0.2, -0.15) is 0 Å². The summed E-state index contributed by atoms with van der Waals surface area (Å²) >= 11 is 0. The number of carbonyl (C=O) groups excluding carboxylic acids is 1. The van der Waals surface area contributed by atoms with E-state index in [4.69, 9.17) is 10.7 Å². The normalized spacial score (nSPS) is 17.2. The van der Waals surface area contributed by atoms with Gasteiger partial charge in [0.05, 0.1) is 0 Å². The van der Waals surface area contributed by atoms with Crippen molar-refractivity contribution in [2.75, 3.05) is 0 Å². The van der Waals surface area contributed by atoms with Crippen LogP contribution in [0.15, 0.2) is 17.2 Å². The summed E-state index contributed by atoms with van der Waals surface area (Å²) in [6.07, 6.45) is 3.36. The van der Waals surface area contributed by atoms with Crippen LogP contribution in [0, 0.1) is 5.92 Å². The van der Waals surface area contributed by atoms with E-state index >= 15 is 0 Å². The molecule has 0 aliphatic heterocycles. The zero-order valence-corrected chi connectivity index (χ0v) is 13.3. The summed E-state index contributed by atoms with van der Waals surface area (Å²) in [7, 11) is 1.54. The molecule has 0 bridgehead atoms. The van der Waals surface area contributed by atoms with Gasteiger partial charge in [0.25, 0.3) is 15.0 Å². The van der Waals surface area contributed by atoms with Crippen molar-refractivity contribution >= 4 is 25.6 Å². The molecular formula is C13H19ClN2O3S. The third-order valence-electron chi connectivity index (χ3n) is 3.64. The first-order valence-corrected chi connectivity index (χ1v) is 8.98. The lowest BCUT2D eigenvalue weighted by Crippen LogP contribution is -2.37. The molecule has 1 unspecified atom stereocenters. The van der Waals surface area contributed by atoms with E-state index in [1.54, 1.807) is 4.57 Å². The van der Waals surface area contributed by atoms with Crippen LogP contribution in [0.3, 0.4) is 0 Å². The first kappa shape index (κ1) is 15.4. The molecule has 20 heavy (non-hydrogen) atoms. The second-order valence-electron chi connectivity index (χ2n) is 5.64. The van der Waals surface area contributed by atoms with Crippen molar-refractivity contribution < 1.29 is 13.2 Å². The molecule has 0 spiro atoms. The molecule has 5 nitrogen and oxygen atoms in total. The number of hydrogen-bond acceptors (Lipinski definition) is 3. The van der Waals surface area contributed by atoms with Gasteiger partial charge in [-0.1, -0.05) is 13.8 Å². The Labute approximate surface area is 123 Å². The Morgan fingerprint density at radius 2 is 2.00 bits per heavy atom. The van der Waals surface area contributed by atoms with E-state index in [9.17, 15) is 13.2 Å². The number of halogens is 1. The molecule has 1 heterocycles. The summed E-state index contributed by atoms with van der Waals surface area (Å²) in [6.45, 7) is 5.95. The molecule has 1 aromatic heterocycles.